The van der Waals surface area contributed by atoms with Crippen LogP contribution in [0.25, 0.3) is 0 Å². The summed E-state index contributed by atoms with van der Waals surface area (Å²) < 4.78 is 25.7. The molecule has 5 heteroatoms. The lowest BCUT2D eigenvalue weighted by Crippen LogP contribution is -2.27. The first-order valence-electron chi connectivity index (χ1n) is 5.28. The maximum Gasteiger partial charge on any atom is 0.243 e. The molecule has 1 aromatic rings. The van der Waals surface area contributed by atoms with Crippen molar-refractivity contribution in [2.45, 2.75) is 25.2 Å². The van der Waals surface area contributed by atoms with E-state index in [9.17, 15) is 8.42 Å². The summed E-state index contributed by atoms with van der Waals surface area (Å²) in [6, 6.07) is 5.02. The summed E-state index contributed by atoms with van der Waals surface area (Å²) in [7, 11) is -1.83. The van der Waals surface area contributed by atoms with E-state index in [0.717, 1.165) is 5.56 Å². The van der Waals surface area contributed by atoms with E-state index in [1.807, 2.05) is 6.92 Å². The van der Waals surface area contributed by atoms with Crippen molar-refractivity contribution in [1.29, 1.82) is 0 Å². The van der Waals surface area contributed by atoms with E-state index in [0.29, 0.717) is 23.5 Å². The van der Waals surface area contributed by atoms with Crippen LogP contribution >= 0.6 is 0 Å². The quantitative estimate of drug-likeness (QED) is 0.813. The Bertz CT molecular complexity index is 469. The molecule has 0 saturated heterocycles. The Labute approximate surface area is 97.1 Å². The summed E-state index contributed by atoms with van der Waals surface area (Å²) in [6.07, 6.45) is 0.673. The lowest BCUT2D eigenvalue weighted by atomic mass is 10.1. The predicted octanol–water partition coefficient (Wildman–Crippen LogP) is 1.47. The second kappa shape index (κ2) is 4.84. The van der Waals surface area contributed by atoms with Crippen molar-refractivity contribution in [3.8, 4) is 0 Å². The maximum atomic E-state index is 12.2. The minimum absolute atomic E-state index is 0.319. The standard InChI is InChI=1S/C11H18N2O2S/c1-4-9-6-7-10(12)8-11(9)16(14,15)13(3)5-2/h6-8H,4-5,12H2,1-3H3. The third-order valence-corrected chi connectivity index (χ3v) is 4.62. The highest BCUT2D eigenvalue weighted by atomic mass is 32.2. The summed E-state index contributed by atoms with van der Waals surface area (Å²) in [5.74, 6) is 0. The van der Waals surface area contributed by atoms with Gasteiger partial charge in [0.05, 0.1) is 4.90 Å². The monoisotopic (exact) mass is 242 g/mol. The van der Waals surface area contributed by atoms with Crippen molar-refractivity contribution >= 4 is 15.7 Å². The van der Waals surface area contributed by atoms with Crippen molar-refractivity contribution in [1.82, 2.24) is 4.31 Å². The van der Waals surface area contributed by atoms with Gasteiger partial charge >= 0.3 is 0 Å². The van der Waals surface area contributed by atoms with Gasteiger partial charge < -0.3 is 5.73 Å². The average molecular weight is 242 g/mol. The van der Waals surface area contributed by atoms with E-state index in [1.165, 1.54) is 10.4 Å². The number of hydrogen-bond donors (Lipinski definition) is 1. The number of sulfonamides is 1. The molecule has 90 valence electrons. The van der Waals surface area contributed by atoms with Crippen molar-refractivity contribution in [2.24, 2.45) is 0 Å². The molecule has 0 saturated carbocycles. The third-order valence-electron chi connectivity index (χ3n) is 2.61. The molecule has 0 radical (unpaired) electrons. The smallest absolute Gasteiger partial charge is 0.243 e. The molecule has 0 bridgehead atoms. The normalized spacial score (nSPS) is 12.0. The predicted molar refractivity (Wildman–Crippen MR) is 65.7 cm³/mol. The summed E-state index contributed by atoms with van der Waals surface area (Å²) in [6.45, 7) is 4.17. The minimum Gasteiger partial charge on any atom is -0.399 e. The highest BCUT2D eigenvalue weighted by molar-refractivity contribution is 7.89. The van der Waals surface area contributed by atoms with Gasteiger partial charge in [-0.3, -0.25) is 0 Å². The average Bonchev–Trinajstić information content (AvgIpc) is 2.27. The number of nitrogen functional groups attached to an aromatic ring is 1. The second-order valence-electron chi connectivity index (χ2n) is 3.64. The summed E-state index contributed by atoms with van der Waals surface area (Å²) >= 11 is 0. The van der Waals surface area contributed by atoms with Crippen molar-refractivity contribution in [2.75, 3.05) is 19.3 Å². The first kappa shape index (κ1) is 13.0. The van der Waals surface area contributed by atoms with Crippen LogP contribution in [0.2, 0.25) is 0 Å². The molecule has 0 heterocycles. The van der Waals surface area contributed by atoms with E-state index >= 15 is 0 Å². The molecule has 0 fully saturated rings. The zero-order chi connectivity index (χ0) is 12.3. The molecule has 4 nitrogen and oxygen atoms in total. The first-order valence-corrected chi connectivity index (χ1v) is 6.72. The summed E-state index contributed by atoms with van der Waals surface area (Å²) in [5, 5.41) is 0. The van der Waals surface area contributed by atoms with Gasteiger partial charge in [0.25, 0.3) is 0 Å². The van der Waals surface area contributed by atoms with Gasteiger partial charge in [0.1, 0.15) is 0 Å². The Morgan fingerprint density at radius 3 is 2.44 bits per heavy atom. The summed E-state index contributed by atoms with van der Waals surface area (Å²) in [5.41, 5.74) is 6.91. The number of benzene rings is 1. The number of aryl methyl sites for hydroxylation is 1. The number of anilines is 1. The lowest BCUT2D eigenvalue weighted by Gasteiger charge is -2.17. The Hall–Kier alpha value is -1.07. The lowest BCUT2D eigenvalue weighted by molar-refractivity contribution is 0.485. The fourth-order valence-electron chi connectivity index (χ4n) is 1.44. The molecule has 0 aromatic heterocycles. The highest BCUT2D eigenvalue weighted by Crippen LogP contribution is 2.22. The number of nitrogens with zero attached hydrogens (tertiary/aromatic N) is 1. The molecule has 0 aliphatic rings. The van der Waals surface area contributed by atoms with E-state index in [-0.39, 0.29) is 0 Å². The van der Waals surface area contributed by atoms with Gasteiger partial charge in [0.2, 0.25) is 10.0 Å². The van der Waals surface area contributed by atoms with Crippen LogP contribution in [-0.4, -0.2) is 26.3 Å². The molecule has 0 aliphatic heterocycles. The van der Waals surface area contributed by atoms with Crippen LogP contribution in [0.3, 0.4) is 0 Å². The van der Waals surface area contributed by atoms with Crippen LogP contribution in [0.4, 0.5) is 5.69 Å². The zero-order valence-corrected chi connectivity index (χ0v) is 10.7. The molecular weight excluding hydrogens is 224 g/mol. The minimum atomic E-state index is -3.40. The van der Waals surface area contributed by atoms with Gasteiger partial charge in [-0.05, 0) is 24.1 Å². The second-order valence-corrected chi connectivity index (χ2v) is 5.65. The van der Waals surface area contributed by atoms with Gasteiger partial charge in [0, 0.05) is 19.3 Å². The molecule has 0 spiro atoms. The zero-order valence-electron chi connectivity index (χ0n) is 9.90. The first-order chi connectivity index (χ1) is 7.43. The van der Waals surface area contributed by atoms with Crippen molar-refractivity contribution in [3.63, 3.8) is 0 Å². The molecule has 0 atom stereocenters. The Morgan fingerprint density at radius 2 is 1.94 bits per heavy atom. The Morgan fingerprint density at radius 1 is 1.31 bits per heavy atom. The van der Waals surface area contributed by atoms with Crippen LogP contribution in [0.15, 0.2) is 23.1 Å². The number of rotatable bonds is 4. The molecule has 2 N–H and O–H groups in total. The molecule has 1 rings (SSSR count). The van der Waals surface area contributed by atoms with Gasteiger partial charge in [-0.15, -0.1) is 0 Å². The Balaban J connectivity index is 3.37. The molecular formula is C11H18N2O2S. The topological polar surface area (TPSA) is 63.4 Å². The molecule has 0 unspecified atom stereocenters. The summed E-state index contributed by atoms with van der Waals surface area (Å²) in [4.78, 5) is 0.319. The van der Waals surface area contributed by atoms with Crippen molar-refractivity contribution in [3.05, 3.63) is 23.8 Å². The van der Waals surface area contributed by atoms with E-state index in [1.54, 1.807) is 26.1 Å². The van der Waals surface area contributed by atoms with Crippen LogP contribution in [0.1, 0.15) is 19.4 Å². The molecule has 1 aromatic carbocycles. The third kappa shape index (κ3) is 2.36. The highest BCUT2D eigenvalue weighted by Gasteiger charge is 2.22. The number of hydrogen-bond acceptors (Lipinski definition) is 3. The fourth-order valence-corrected chi connectivity index (χ4v) is 2.95. The van der Waals surface area contributed by atoms with Crippen LogP contribution < -0.4 is 5.73 Å². The maximum absolute atomic E-state index is 12.2. The fraction of sp³-hybridized carbons (Fsp3) is 0.455. The van der Waals surface area contributed by atoms with E-state index in [4.69, 9.17) is 5.73 Å². The van der Waals surface area contributed by atoms with Gasteiger partial charge in [-0.2, -0.15) is 0 Å². The van der Waals surface area contributed by atoms with Crippen LogP contribution in [-0.2, 0) is 16.4 Å². The van der Waals surface area contributed by atoms with Crippen molar-refractivity contribution < 1.29 is 8.42 Å². The SMILES string of the molecule is CCc1ccc(N)cc1S(=O)(=O)N(C)CC. The van der Waals surface area contributed by atoms with Gasteiger partial charge in [-0.25, -0.2) is 12.7 Å². The van der Waals surface area contributed by atoms with Gasteiger partial charge in [-0.1, -0.05) is 19.9 Å². The van der Waals surface area contributed by atoms with E-state index < -0.39 is 10.0 Å². The van der Waals surface area contributed by atoms with Crippen LogP contribution in [0, 0.1) is 0 Å². The van der Waals surface area contributed by atoms with Gasteiger partial charge in [0.15, 0.2) is 0 Å². The molecule has 0 amide bonds. The molecule has 0 aliphatic carbocycles. The Kier molecular flexibility index (Phi) is 3.93. The largest absolute Gasteiger partial charge is 0.399 e. The number of nitrogens with two attached hydrogens (primary N) is 1. The van der Waals surface area contributed by atoms with E-state index in [2.05, 4.69) is 0 Å². The van der Waals surface area contributed by atoms with Crippen LogP contribution in [0.5, 0.6) is 0 Å². The molecule has 16 heavy (non-hydrogen) atoms.